The first-order chi connectivity index (χ1) is 18.5. The Morgan fingerprint density at radius 3 is 2.50 bits per heavy atom. The third kappa shape index (κ3) is 7.87. The van der Waals surface area contributed by atoms with Gasteiger partial charge >= 0.3 is 19.4 Å². The molecular formula is C25H35FN3O10P. The molecule has 15 heteroatoms. The number of halogens is 1. The number of nitrogens with zero attached hydrogens (tertiary/aromatic N) is 1. The quantitative estimate of drug-likeness (QED) is 0.236. The van der Waals surface area contributed by atoms with Crippen molar-refractivity contribution in [3.05, 3.63) is 63.4 Å². The van der Waals surface area contributed by atoms with E-state index in [4.69, 9.17) is 18.5 Å². The molecule has 1 aliphatic rings. The fraction of sp³-hybridized carbons (Fsp3) is 0.560. The van der Waals surface area contributed by atoms with Crippen molar-refractivity contribution in [2.24, 2.45) is 11.3 Å². The topological polar surface area (TPSA) is 178 Å². The molecule has 3 rings (SSSR count). The number of aromatic nitrogens is 2. The van der Waals surface area contributed by atoms with Crippen LogP contribution in [0.15, 0.2) is 52.2 Å². The Kier molecular flexibility index (Phi) is 9.76. The van der Waals surface area contributed by atoms with Crippen molar-refractivity contribution in [2.75, 3.05) is 13.2 Å². The van der Waals surface area contributed by atoms with E-state index in [1.165, 1.54) is 26.0 Å². The minimum Gasteiger partial charge on any atom is -0.464 e. The molecule has 13 nitrogen and oxygen atoms in total. The fourth-order valence-electron chi connectivity index (χ4n) is 3.73. The Balaban J connectivity index is 1.85. The lowest BCUT2D eigenvalue weighted by Gasteiger charge is -2.45. The Labute approximate surface area is 229 Å². The van der Waals surface area contributed by atoms with Gasteiger partial charge in [0.25, 0.3) is 11.4 Å². The van der Waals surface area contributed by atoms with Crippen LogP contribution in [0.5, 0.6) is 5.75 Å². The Bertz CT molecular complexity index is 1330. The first-order valence-corrected chi connectivity index (χ1v) is 14.1. The molecule has 2 aromatic rings. The second-order valence-corrected chi connectivity index (χ2v) is 12.5. The molecule has 0 saturated carbocycles. The number of hydrogen-bond donors (Lipinski definition) is 4. The first-order valence-electron chi connectivity index (χ1n) is 12.5. The van der Waals surface area contributed by atoms with Gasteiger partial charge in [-0.25, -0.2) is 13.8 Å². The Hall–Kier alpha value is -2.87. The van der Waals surface area contributed by atoms with E-state index in [2.05, 4.69) is 5.09 Å². The number of para-hydroxylation sites is 1. The largest absolute Gasteiger partial charge is 0.464 e. The maximum absolute atomic E-state index is 16.1. The van der Waals surface area contributed by atoms with Gasteiger partial charge in [-0.3, -0.25) is 23.7 Å². The van der Waals surface area contributed by atoms with Crippen LogP contribution in [0.25, 0.3) is 0 Å². The number of alkyl halides is 1. The van der Waals surface area contributed by atoms with E-state index in [-0.39, 0.29) is 17.8 Å². The van der Waals surface area contributed by atoms with Crippen LogP contribution >= 0.6 is 7.75 Å². The van der Waals surface area contributed by atoms with Crippen molar-refractivity contribution >= 4 is 13.7 Å². The zero-order valence-corrected chi connectivity index (χ0v) is 23.7. The lowest BCUT2D eigenvalue weighted by molar-refractivity contribution is -0.329. The summed E-state index contributed by atoms with van der Waals surface area (Å²) in [5.41, 5.74) is -1.99. The minimum atomic E-state index is -4.57. The van der Waals surface area contributed by atoms with Crippen molar-refractivity contribution in [3.8, 4) is 5.75 Å². The van der Waals surface area contributed by atoms with Gasteiger partial charge in [-0.2, -0.15) is 5.09 Å². The summed E-state index contributed by atoms with van der Waals surface area (Å²) in [5, 5.41) is 23.5. The minimum absolute atomic E-state index is 0.0536. The van der Waals surface area contributed by atoms with Crippen LogP contribution in [-0.4, -0.2) is 63.1 Å². The highest BCUT2D eigenvalue weighted by atomic mass is 31.2. The van der Waals surface area contributed by atoms with Gasteiger partial charge in [0.1, 0.15) is 30.7 Å². The molecule has 7 atom stereocenters. The van der Waals surface area contributed by atoms with Crippen LogP contribution in [0, 0.1) is 11.3 Å². The van der Waals surface area contributed by atoms with Crippen LogP contribution in [0.1, 0.15) is 40.8 Å². The van der Waals surface area contributed by atoms with E-state index in [1.807, 2.05) is 25.8 Å². The lowest BCUT2D eigenvalue weighted by atomic mass is 9.90. The second kappa shape index (κ2) is 12.3. The van der Waals surface area contributed by atoms with E-state index in [9.17, 15) is 29.2 Å². The average Bonchev–Trinajstić information content (AvgIpc) is 2.87. The number of carbonyl (C=O) groups is 1. The predicted molar refractivity (Wildman–Crippen MR) is 140 cm³/mol. The van der Waals surface area contributed by atoms with E-state index >= 15 is 4.39 Å². The summed E-state index contributed by atoms with van der Waals surface area (Å²) in [6.45, 7) is 7.11. The molecule has 1 aromatic carbocycles. The standard InChI is InChI=1S/C25H35FN3O10P/c1-15-19(31)20(32)25(26,38-21(15)29-12-11-18(30)27-23(29)34)14-37-40(35,39-17-9-7-6-8-10-17)28-16(2)22(33)36-13-24(3,4)5/h6-12,15-16,19-21,31-32H,13-14H2,1-5H3,(H,28,35)(H,27,30,34). The van der Waals surface area contributed by atoms with Crippen LogP contribution in [-0.2, 0) is 23.4 Å². The van der Waals surface area contributed by atoms with E-state index in [0.717, 1.165) is 16.8 Å². The van der Waals surface area contributed by atoms with E-state index in [0.29, 0.717) is 0 Å². The Morgan fingerprint density at radius 1 is 1.25 bits per heavy atom. The van der Waals surface area contributed by atoms with Gasteiger partial charge in [-0.05, 0) is 24.5 Å². The van der Waals surface area contributed by atoms with Gasteiger partial charge < -0.3 is 24.2 Å². The van der Waals surface area contributed by atoms with Gasteiger partial charge in [0.15, 0.2) is 0 Å². The van der Waals surface area contributed by atoms with E-state index < -0.39 is 67.8 Å². The van der Waals surface area contributed by atoms with Crippen molar-refractivity contribution in [3.63, 3.8) is 0 Å². The number of esters is 1. The number of hydrogen-bond acceptors (Lipinski definition) is 10. The predicted octanol–water partition coefficient (Wildman–Crippen LogP) is 1.86. The third-order valence-corrected chi connectivity index (χ3v) is 7.57. The zero-order valence-electron chi connectivity index (χ0n) is 22.8. The lowest BCUT2D eigenvalue weighted by Crippen LogP contribution is -2.60. The SMILES string of the molecule is CC(NP(=O)(OCC1(F)OC(n2ccc(=O)[nH]c2=O)C(C)C(O)C1O)Oc1ccccc1)C(=O)OCC(C)(C)C. The molecule has 0 amide bonds. The summed E-state index contributed by atoms with van der Waals surface area (Å²) in [7, 11) is -4.57. The maximum atomic E-state index is 16.1. The summed E-state index contributed by atoms with van der Waals surface area (Å²) < 4.78 is 52.1. The highest BCUT2D eigenvalue weighted by Crippen LogP contribution is 2.48. The van der Waals surface area contributed by atoms with Crippen molar-refractivity contribution in [2.45, 2.75) is 65.0 Å². The molecule has 0 spiro atoms. The monoisotopic (exact) mass is 587 g/mol. The molecule has 0 bridgehead atoms. The molecule has 4 N–H and O–H groups in total. The molecule has 1 saturated heterocycles. The molecule has 222 valence electrons. The second-order valence-electron chi connectivity index (χ2n) is 10.8. The number of ether oxygens (including phenoxy) is 2. The van der Waals surface area contributed by atoms with Gasteiger partial charge in [0, 0.05) is 18.2 Å². The van der Waals surface area contributed by atoms with E-state index in [1.54, 1.807) is 18.2 Å². The number of rotatable bonds is 10. The van der Waals surface area contributed by atoms with Crippen LogP contribution < -0.4 is 20.9 Å². The zero-order chi connectivity index (χ0) is 29.9. The van der Waals surface area contributed by atoms with Gasteiger partial charge in [0.05, 0.1) is 12.7 Å². The molecule has 2 heterocycles. The molecule has 1 aromatic heterocycles. The van der Waals surface area contributed by atoms with Gasteiger partial charge in [-0.15, -0.1) is 0 Å². The summed E-state index contributed by atoms with van der Waals surface area (Å²) in [4.78, 5) is 38.3. The van der Waals surface area contributed by atoms with Gasteiger partial charge in [-0.1, -0.05) is 45.9 Å². The van der Waals surface area contributed by atoms with Crippen molar-refractivity contribution < 1.29 is 42.5 Å². The first kappa shape index (κ1) is 31.7. The number of aromatic amines is 1. The molecule has 0 radical (unpaired) electrons. The smallest absolute Gasteiger partial charge is 0.459 e. The molecule has 40 heavy (non-hydrogen) atoms. The van der Waals surface area contributed by atoms with Crippen molar-refractivity contribution in [1.82, 2.24) is 14.6 Å². The molecule has 0 aliphatic carbocycles. The highest BCUT2D eigenvalue weighted by molar-refractivity contribution is 7.52. The highest BCUT2D eigenvalue weighted by Gasteiger charge is 2.55. The van der Waals surface area contributed by atoms with Crippen LogP contribution in [0.2, 0.25) is 0 Å². The molecule has 1 aliphatic heterocycles. The van der Waals surface area contributed by atoms with Crippen molar-refractivity contribution in [1.29, 1.82) is 0 Å². The molecular weight excluding hydrogens is 552 g/mol. The third-order valence-electron chi connectivity index (χ3n) is 5.95. The fourth-order valence-corrected chi connectivity index (χ4v) is 5.24. The number of aliphatic hydroxyl groups is 2. The number of carbonyl (C=O) groups excluding carboxylic acids is 1. The summed E-state index contributed by atoms with van der Waals surface area (Å²) >= 11 is 0. The Morgan fingerprint density at radius 2 is 1.90 bits per heavy atom. The number of H-pyrrole nitrogens is 1. The maximum Gasteiger partial charge on any atom is 0.459 e. The normalized spacial score (nSPS) is 27.4. The summed E-state index contributed by atoms with van der Waals surface area (Å²) in [6.07, 6.45) is -4.41. The number of aliphatic hydroxyl groups excluding tert-OH is 2. The van der Waals surface area contributed by atoms with Gasteiger partial charge in [0.2, 0.25) is 0 Å². The number of benzene rings is 1. The number of nitrogens with one attached hydrogen (secondary N) is 2. The summed E-state index contributed by atoms with van der Waals surface area (Å²) in [6, 6.07) is 7.48. The van der Waals surface area contributed by atoms with Crippen LogP contribution in [0.4, 0.5) is 4.39 Å². The summed E-state index contributed by atoms with van der Waals surface area (Å²) in [5.74, 6) is -4.95. The van der Waals surface area contributed by atoms with Crippen LogP contribution in [0.3, 0.4) is 0 Å². The molecule has 7 unspecified atom stereocenters. The molecule has 1 fully saturated rings. The average molecular weight is 588 g/mol.